The van der Waals surface area contributed by atoms with E-state index in [1.165, 1.54) is 12.1 Å². The maximum Gasteiger partial charge on any atom is 0.123 e. The molecule has 0 spiro atoms. The van der Waals surface area contributed by atoms with E-state index in [1.54, 1.807) is 47.3 Å². The number of hydrogen-bond donors (Lipinski definition) is 1. The van der Waals surface area contributed by atoms with E-state index in [2.05, 4.69) is 5.32 Å². The highest BCUT2D eigenvalue weighted by molar-refractivity contribution is 7.09. The minimum absolute atomic E-state index is 0.0844. The standard InChI is InChI=1S/C23H21FN2O3S/c1-29-17-7-8-19-20(13-25-12-18-6-3-9-30-18)22(23(27)28)26(21(19)11-17)14-15-4-2-5-16(24)10-15/h2-11,25H,12-14H2,1H3,(H,27,28)/p-1. The average Bonchev–Trinajstić information content (AvgIpc) is 3.34. The highest BCUT2D eigenvalue weighted by atomic mass is 32.1. The van der Waals surface area contributed by atoms with Crippen molar-refractivity contribution in [3.05, 3.63) is 87.5 Å². The summed E-state index contributed by atoms with van der Waals surface area (Å²) in [6, 6.07) is 15.6. The molecule has 0 bridgehead atoms. The predicted molar refractivity (Wildman–Crippen MR) is 113 cm³/mol. The SMILES string of the molecule is COc1ccc2c(CNCc3cccs3)c(C(=O)[O-])n(Cc3cccc(F)c3)c2c1. The molecule has 1 N–H and O–H groups in total. The van der Waals surface area contributed by atoms with Crippen LogP contribution in [0, 0.1) is 5.82 Å². The molecule has 30 heavy (non-hydrogen) atoms. The van der Waals surface area contributed by atoms with Gasteiger partial charge in [0.2, 0.25) is 0 Å². The number of thiophene rings is 1. The molecular formula is C23H20FN2O3S-. The molecule has 0 atom stereocenters. The summed E-state index contributed by atoms with van der Waals surface area (Å²) in [5.41, 5.74) is 2.09. The monoisotopic (exact) mass is 423 g/mol. The van der Waals surface area contributed by atoms with Crippen molar-refractivity contribution >= 4 is 28.2 Å². The molecule has 2 aromatic heterocycles. The number of benzene rings is 2. The first-order chi connectivity index (χ1) is 14.6. The van der Waals surface area contributed by atoms with Crippen LogP contribution in [-0.2, 0) is 19.6 Å². The third-order valence-electron chi connectivity index (χ3n) is 4.98. The number of carboxylic acid groups (broad SMARTS) is 1. The molecule has 2 aromatic carbocycles. The Hall–Kier alpha value is -3.16. The molecule has 5 nitrogen and oxygen atoms in total. The summed E-state index contributed by atoms with van der Waals surface area (Å²) in [5, 5.41) is 18.3. The first-order valence-electron chi connectivity index (χ1n) is 9.45. The molecule has 0 saturated heterocycles. The minimum atomic E-state index is -1.27. The van der Waals surface area contributed by atoms with Crippen LogP contribution in [0.3, 0.4) is 0 Å². The number of rotatable bonds is 8. The number of halogens is 1. The van der Waals surface area contributed by atoms with Crippen LogP contribution in [0.25, 0.3) is 10.9 Å². The molecule has 0 aliphatic heterocycles. The van der Waals surface area contributed by atoms with Crippen molar-refractivity contribution in [1.82, 2.24) is 9.88 Å². The van der Waals surface area contributed by atoms with Crippen molar-refractivity contribution in [1.29, 1.82) is 0 Å². The van der Waals surface area contributed by atoms with Crippen LogP contribution in [0.15, 0.2) is 60.0 Å². The van der Waals surface area contributed by atoms with Gasteiger partial charge in [0.1, 0.15) is 11.6 Å². The van der Waals surface area contributed by atoms with Crippen molar-refractivity contribution in [2.24, 2.45) is 0 Å². The van der Waals surface area contributed by atoms with E-state index in [4.69, 9.17) is 4.74 Å². The van der Waals surface area contributed by atoms with Gasteiger partial charge in [-0.15, -0.1) is 11.3 Å². The van der Waals surface area contributed by atoms with Gasteiger partial charge in [-0.05, 0) is 41.3 Å². The lowest BCUT2D eigenvalue weighted by Gasteiger charge is -2.14. The maximum atomic E-state index is 13.7. The summed E-state index contributed by atoms with van der Waals surface area (Å²) in [6.07, 6.45) is 0. The van der Waals surface area contributed by atoms with Crippen LogP contribution in [-0.4, -0.2) is 17.6 Å². The van der Waals surface area contributed by atoms with E-state index < -0.39 is 5.97 Å². The summed E-state index contributed by atoms with van der Waals surface area (Å²) in [6.45, 7) is 1.20. The quantitative estimate of drug-likeness (QED) is 0.471. The Labute approximate surface area is 177 Å². The molecule has 0 saturated carbocycles. The average molecular weight is 423 g/mol. The highest BCUT2D eigenvalue weighted by Crippen LogP contribution is 2.30. The van der Waals surface area contributed by atoms with E-state index in [0.29, 0.717) is 35.5 Å². The van der Waals surface area contributed by atoms with Crippen molar-refractivity contribution in [2.75, 3.05) is 7.11 Å². The van der Waals surface area contributed by atoms with Gasteiger partial charge >= 0.3 is 0 Å². The molecule has 0 radical (unpaired) electrons. The van der Waals surface area contributed by atoms with Gasteiger partial charge in [0.05, 0.1) is 24.3 Å². The van der Waals surface area contributed by atoms with Gasteiger partial charge in [0.25, 0.3) is 0 Å². The Kier molecular flexibility index (Phi) is 5.83. The normalized spacial score (nSPS) is 11.1. The fourth-order valence-electron chi connectivity index (χ4n) is 3.65. The second-order valence-corrected chi connectivity index (χ2v) is 7.93. The number of nitrogens with zero attached hydrogens (tertiary/aromatic N) is 1. The molecule has 154 valence electrons. The van der Waals surface area contributed by atoms with Gasteiger partial charge in [-0.2, -0.15) is 0 Å². The van der Waals surface area contributed by atoms with Crippen LogP contribution in [0.5, 0.6) is 5.75 Å². The zero-order valence-electron chi connectivity index (χ0n) is 16.4. The molecule has 4 rings (SSSR count). The zero-order chi connectivity index (χ0) is 21.1. The fraction of sp³-hybridized carbons (Fsp3) is 0.174. The Bertz CT molecular complexity index is 1180. The van der Waals surface area contributed by atoms with Crippen molar-refractivity contribution < 1.29 is 19.0 Å². The van der Waals surface area contributed by atoms with Crippen LogP contribution in [0.4, 0.5) is 4.39 Å². The topological polar surface area (TPSA) is 66.3 Å². The lowest BCUT2D eigenvalue weighted by molar-refractivity contribution is -0.255. The summed E-state index contributed by atoms with van der Waals surface area (Å²) in [4.78, 5) is 13.3. The van der Waals surface area contributed by atoms with Gasteiger partial charge in [-0.25, -0.2) is 4.39 Å². The second kappa shape index (κ2) is 8.69. The maximum absolute atomic E-state index is 13.7. The molecule has 4 aromatic rings. The van der Waals surface area contributed by atoms with Gasteiger partial charge in [0, 0.05) is 41.5 Å². The van der Waals surface area contributed by atoms with E-state index in [-0.39, 0.29) is 18.1 Å². The van der Waals surface area contributed by atoms with Gasteiger partial charge in [0.15, 0.2) is 0 Å². The number of aromatic nitrogens is 1. The first-order valence-corrected chi connectivity index (χ1v) is 10.3. The number of aromatic carboxylic acids is 1. The Morgan fingerprint density at radius 1 is 1.17 bits per heavy atom. The number of methoxy groups -OCH3 is 1. The van der Waals surface area contributed by atoms with Gasteiger partial charge in [-0.1, -0.05) is 18.2 Å². The summed E-state index contributed by atoms with van der Waals surface area (Å²) >= 11 is 1.64. The number of carbonyl (C=O) groups excluding carboxylic acids is 1. The zero-order valence-corrected chi connectivity index (χ0v) is 17.2. The van der Waals surface area contributed by atoms with Crippen LogP contribution < -0.4 is 15.2 Å². The summed E-state index contributed by atoms with van der Waals surface area (Å²) in [7, 11) is 1.56. The van der Waals surface area contributed by atoms with E-state index >= 15 is 0 Å². The number of hydrogen-bond acceptors (Lipinski definition) is 5. The molecular weight excluding hydrogens is 403 g/mol. The van der Waals surface area contributed by atoms with Crippen molar-refractivity contribution in [2.45, 2.75) is 19.6 Å². The molecule has 0 aliphatic carbocycles. The Morgan fingerprint density at radius 3 is 2.73 bits per heavy atom. The molecule has 0 aliphatic rings. The summed E-state index contributed by atoms with van der Waals surface area (Å²) < 4.78 is 20.7. The third-order valence-corrected chi connectivity index (χ3v) is 5.86. The minimum Gasteiger partial charge on any atom is -0.543 e. The van der Waals surface area contributed by atoms with Crippen molar-refractivity contribution in [3.63, 3.8) is 0 Å². The Morgan fingerprint density at radius 2 is 2.03 bits per heavy atom. The lowest BCUT2D eigenvalue weighted by Crippen LogP contribution is -2.28. The molecule has 0 amide bonds. The molecule has 0 unspecified atom stereocenters. The Balaban J connectivity index is 1.78. The van der Waals surface area contributed by atoms with Gasteiger partial charge in [-0.3, -0.25) is 0 Å². The van der Waals surface area contributed by atoms with E-state index in [1.807, 2.05) is 23.6 Å². The smallest absolute Gasteiger partial charge is 0.123 e. The summed E-state index contributed by atoms with van der Waals surface area (Å²) in [5.74, 6) is -1.02. The molecule has 0 fully saturated rings. The fourth-order valence-corrected chi connectivity index (χ4v) is 4.32. The van der Waals surface area contributed by atoms with Crippen LogP contribution in [0.2, 0.25) is 0 Å². The largest absolute Gasteiger partial charge is 0.543 e. The van der Waals surface area contributed by atoms with Crippen molar-refractivity contribution in [3.8, 4) is 5.75 Å². The number of carbonyl (C=O) groups is 1. The van der Waals surface area contributed by atoms with Crippen LogP contribution in [0.1, 0.15) is 26.5 Å². The lowest BCUT2D eigenvalue weighted by atomic mass is 10.1. The number of ether oxygens (including phenoxy) is 1. The second-order valence-electron chi connectivity index (χ2n) is 6.90. The van der Waals surface area contributed by atoms with Gasteiger partial charge < -0.3 is 24.5 Å². The van der Waals surface area contributed by atoms with E-state index in [9.17, 15) is 14.3 Å². The van der Waals surface area contributed by atoms with Crippen LogP contribution >= 0.6 is 11.3 Å². The van der Waals surface area contributed by atoms with E-state index in [0.717, 1.165) is 10.3 Å². The number of carboxylic acids is 1. The first kappa shape index (κ1) is 20.1. The predicted octanol–water partition coefficient (Wildman–Crippen LogP) is 3.55. The molecule has 7 heteroatoms. The number of fused-ring (bicyclic) bond motifs is 1. The highest BCUT2D eigenvalue weighted by Gasteiger charge is 2.19. The third kappa shape index (κ3) is 4.08. The number of nitrogens with one attached hydrogen (secondary N) is 1. The molecule has 2 heterocycles.